The molecule has 0 N–H and O–H groups in total. The maximum atomic E-state index is 13.2. The van der Waals surface area contributed by atoms with Gasteiger partial charge in [0.05, 0.1) is 13.2 Å². The molecule has 2 heterocycles. The lowest BCUT2D eigenvalue weighted by atomic mass is 9.87. The fourth-order valence-electron chi connectivity index (χ4n) is 4.78. The molecule has 35 heavy (non-hydrogen) atoms. The SMILES string of the molecule is O=C1C(=Cc2ccc(OC3CCCCO3)cc2)CCCC1=Cc1ccc(OC2CCCCO2)cc1. The highest BCUT2D eigenvalue weighted by Crippen LogP contribution is 2.29. The zero-order chi connectivity index (χ0) is 23.9. The van der Waals surface area contributed by atoms with Crippen LogP contribution in [-0.2, 0) is 14.3 Å². The van der Waals surface area contributed by atoms with Crippen molar-refractivity contribution in [2.75, 3.05) is 13.2 Å². The first kappa shape index (κ1) is 23.8. The van der Waals surface area contributed by atoms with E-state index < -0.39 is 0 Å². The Hall–Kier alpha value is -2.89. The number of rotatable bonds is 6. The second-order valence-electron chi connectivity index (χ2n) is 9.49. The zero-order valence-electron chi connectivity index (χ0n) is 20.2. The molecule has 1 aliphatic carbocycles. The molecule has 2 atom stereocenters. The molecule has 0 amide bonds. The lowest BCUT2D eigenvalue weighted by Gasteiger charge is -2.23. The zero-order valence-corrected chi connectivity index (χ0v) is 20.2. The van der Waals surface area contributed by atoms with Crippen LogP contribution >= 0.6 is 0 Å². The molecule has 2 aromatic carbocycles. The van der Waals surface area contributed by atoms with E-state index in [4.69, 9.17) is 18.9 Å². The lowest BCUT2D eigenvalue weighted by molar-refractivity contribution is -0.112. The molecule has 0 bridgehead atoms. The van der Waals surface area contributed by atoms with Crippen molar-refractivity contribution < 1.29 is 23.7 Å². The standard InChI is InChI=1S/C30H34O5/c31-30-24(20-22-10-14-26(15-11-22)34-28-8-1-3-18-32-28)6-5-7-25(30)21-23-12-16-27(17-13-23)35-29-9-2-4-19-33-29/h10-17,20-21,28-29H,1-9,18-19H2. The summed E-state index contributed by atoms with van der Waals surface area (Å²) in [5.74, 6) is 1.75. The van der Waals surface area contributed by atoms with Crippen molar-refractivity contribution in [1.82, 2.24) is 0 Å². The highest BCUT2D eigenvalue weighted by molar-refractivity contribution is 6.13. The number of Topliss-reactive ketones (excluding diaryl/α,β-unsaturated/α-hetero) is 1. The quantitative estimate of drug-likeness (QED) is 0.435. The van der Waals surface area contributed by atoms with Crippen molar-refractivity contribution in [3.8, 4) is 11.5 Å². The first-order valence-corrected chi connectivity index (χ1v) is 13.0. The van der Waals surface area contributed by atoms with E-state index in [0.29, 0.717) is 0 Å². The molecule has 5 nitrogen and oxygen atoms in total. The van der Waals surface area contributed by atoms with Crippen LogP contribution in [0.15, 0.2) is 59.7 Å². The van der Waals surface area contributed by atoms with Crippen molar-refractivity contribution in [3.63, 3.8) is 0 Å². The van der Waals surface area contributed by atoms with Gasteiger partial charge in [-0.1, -0.05) is 24.3 Å². The van der Waals surface area contributed by atoms with Gasteiger partial charge in [-0.25, -0.2) is 0 Å². The van der Waals surface area contributed by atoms with Gasteiger partial charge in [0.1, 0.15) is 11.5 Å². The van der Waals surface area contributed by atoms with Gasteiger partial charge in [-0.05, 0) is 92.5 Å². The highest BCUT2D eigenvalue weighted by atomic mass is 16.7. The third-order valence-corrected chi connectivity index (χ3v) is 6.73. The van der Waals surface area contributed by atoms with E-state index in [9.17, 15) is 4.79 Å². The minimum Gasteiger partial charge on any atom is -0.465 e. The minimum absolute atomic E-state index is 0.142. The second-order valence-corrected chi connectivity index (χ2v) is 9.49. The molecule has 5 rings (SSSR count). The maximum absolute atomic E-state index is 13.2. The van der Waals surface area contributed by atoms with Crippen molar-refractivity contribution in [3.05, 3.63) is 70.8 Å². The Bertz CT molecular complexity index is 956. The van der Waals surface area contributed by atoms with E-state index >= 15 is 0 Å². The van der Waals surface area contributed by atoms with Crippen molar-refractivity contribution in [2.45, 2.75) is 70.4 Å². The van der Waals surface area contributed by atoms with E-state index in [2.05, 4.69) is 0 Å². The fourth-order valence-corrected chi connectivity index (χ4v) is 4.78. The molecule has 5 heteroatoms. The van der Waals surface area contributed by atoms with Crippen LogP contribution in [0.4, 0.5) is 0 Å². The number of hydrogen-bond acceptors (Lipinski definition) is 5. The number of ketones is 1. The van der Waals surface area contributed by atoms with E-state index in [1.54, 1.807) is 0 Å². The monoisotopic (exact) mass is 474 g/mol. The Morgan fingerprint density at radius 3 is 1.49 bits per heavy atom. The van der Waals surface area contributed by atoms with E-state index in [1.807, 2.05) is 60.7 Å². The van der Waals surface area contributed by atoms with Crippen LogP contribution in [0.5, 0.6) is 11.5 Å². The summed E-state index contributed by atoms with van der Waals surface area (Å²) in [5.41, 5.74) is 3.75. The summed E-state index contributed by atoms with van der Waals surface area (Å²) in [6.45, 7) is 1.53. The molecule has 0 radical (unpaired) electrons. The lowest BCUT2D eigenvalue weighted by Crippen LogP contribution is -2.24. The predicted octanol–water partition coefficient (Wildman–Crippen LogP) is 6.72. The van der Waals surface area contributed by atoms with Crippen LogP contribution in [-0.4, -0.2) is 31.6 Å². The van der Waals surface area contributed by atoms with Gasteiger partial charge in [-0.15, -0.1) is 0 Å². The van der Waals surface area contributed by atoms with Crippen LogP contribution in [0.2, 0.25) is 0 Å². The number of ether oxygens (including phenoxy) is 4. The Kier molecular flexibility index (Phi) is 7.96. The summed E-state index contributed by atoms with van der Waals surface area (Å²) in [6, 6.07) is 15.8. The number of hydrogen-bond donors (Lipinski definition) is 0. The molecule has 2 aliphatic heterocycles. The van der Waals surface area contributed by atoms with Gasteiger partial charge in [-0.2, -0.15) is 0 Å². The Balaban J connectivity index is 1.21. The third kappa shape index (κ3) is 6.62. The molecular weight excluding hydrogens is 440 g/mol. The molecule has 2 saturated heterocycles. The molecule has 1 saturated carbocycles. The van der Waals surface area contributed by atoms with E-state index in [1.165, 1.54) is 0 Å². The van der Waals surface area contributed by atoms with Gasteiger partial charge in [0.15, 0.2) is 18.4 Å². The normalized spacial score (nSPS) is 25.5. The molecule has 2 aromatic rings. The molecule has 3 aliphatic rings. The van der Waals surface area contributed by atoms with Gasteiger partial charge in [0.25, 0.3) is 0 Å². The van der Waals surface area contributed by atoms with E-state index in [0.717, 1.165) is 105 Å². The first-order valence-electron chi connectivity index (χ1n) is 13.0. The van der Waals surface area contributed by atoms with Gasteiger partial charge in [0, 0.05) is 24.0 Å². The smallest absolute Gasteiger partial charge is 0.199 e. The second kappa shape index (κ2) is 11.7. The summed E-state index contributed by atoms with van der Waals surface area (Å²) in [6.07, 6.45) is 12.7. The Morgan fingerprint density at radius 2 is 1.09 bits per heavy atom. The van der Waals surface area contributed by atoms with Gasteiger partial charge in [0.2, 0.25) is 0 Å². The van der Waals surface area contributed by atoms with Crippen LogP contribution < -0.4 is 9.47 Å². The summed E-state index contributed by atoms with van der Waals surface area (Å²) >= 11 is 0. The van der Waals surface area contributed by atoms with Crippen LogP contribution in [0.1, 0.15) is 68.9 Å². The van der Waals surface area contributed by atoms with Crippen LogP contribution in [0.3, 0.4) is 0 Å². The average molecular weight is 475 g/mol. The average Bonchev–Trinajstić information content (AvgIpc) is 2.90. The van der Waals surface area contributed by atoms with Crippen molar-refractivity contribution in [1.29, 1.82) is 0 Å². The van der Waals surface area contributed by atoms with Crippen molar-refractivity contribution in [2.24, 2.45) is 0 Å². The molecule has 184 valence electrons. The number of allylic oxidation sites excluding steroid dienone is 2. The molecular formula is C30H34O5. The Labute approximate surface area is 207 Å². The van der Waals surface area contributed by atoms with Gasteiger partial charge >= 0.3 is 0 Å². The summed E-state index contributed by atoms with van der Waals surface area (Å²) in [7, 11) is 0. The topological polar surface area (TPSA) is 54.0 Å². The van der Waals surface area contributed by atoms with Gasteiger partial charge < -0.3 is 18.9 Å². The molecule has 3 fully saturated rings. The van der Waals surface area contributed by atoms with Gasteiger partial charge in [-0.3, -0.25) is 4.79 Å². The first-order chi connectivity index (χ1) is 17.2. The highest BCUT2D eigenvalue weighted by Gasteiger charge is 2.21. The largest absolute Gasteiger partial charge is 0.465 e. The molecule has 2 unspecified atom stereocenters. The molecule has 0 aromatic heterocycles. The Morgan fingerprint density at radius 1 is 0.629 bits per heavy atom. The summed E-state index contributed by atoms with van der Waals surface area (Å²) in [4.78, 5) is 13.2. The number of carbonyl (C=O) groups is 1. The minimum atomic E-state index is -0.151. The van der Waals surface area contributed by atoms with E-state index in [-0.39, 0.29) is 18.4 Å². The number of carbonyl (C=O) groups excluding carboxylic acids is 1. The summed E-state index contributed by atoms with van der Waals surface area (Å²) in [5, 5.41) is 0. The third-order valence-electron chi connectivity index (χ3n) is 6.73. The van der Waals surface area contributed by atoms with Crippen LogP contribution in [0, 0.1) is 0 Å². The fraction of sp³-hybridized carbons (Fsp3) is 0.433. The van der Waals surface area contributed by atoms with Crippen LogP contribution in [0.25, 0.3) is 12.2 Å². The summed E-state index contributed by atoms with van der Waals surface area (Å²) < 4.78 is 23.1. The maximum Gasteiger partial charge on any atom is 0.199 e. The number of benzene rings is 2. The predicted molar refractivity (Wildman–Crippen MR) is 136 cm³/mol. The van der Waals surface area contributed by atoms with Crippen molar-refractivity contribution >= 4 is 17.9 Å². The molecule has 0 spiro atoms.